The van der Waals surface area contributed by atoms with Crippen molar-refractivity contribution in [2.75, 3.05) is 27.9 Å². The molecule has 2 aromatic carbocycles. The Hall–Kier alpha value is -2.93. The normalized spacial score (nSPS) is 11.6. The Morgan fingerprint density at radius 3 is 2.10 bits per heavy atom. The van der Waals surface area contributed by atoms with E-state index >= 15 is 0 Å². The second-order valence-corrected chi connectivity index (χ2v) is 7.66. The fraction of sp³-hybridized carbons (Fsp3) is 0.348. The standard InChI is InChI=1S/C23H28N2O4S/c1-7-29-18-10-8-17(9-11-18)24-23-25(15(2)3)19(14-30-23)16-12-20(26-4)22(28-6)21(13-16)27-5/h8-15H,7H2,1-6H3. The fourth-order valence-corrected chi connectivity index (χ4v) is 4.28. The van der Waals surface area contributed by atoms with E-state index in [1.54, 1.807) is 32.7 Å². The predicted octanol–water partition coefficient (Wildman–Crippen LogP) is 5.45. The molecule has 1 heterocycles. The van der Waals surface area contributed by atoms with E-state index in [2.05, 4.69) is 23.8 Å². The Labute approximate surface area is 181 Å². The second kappa shape index (κ2) is 9.71. The topological polar surface area (TPSA) is 54.2 Å². The maximum absolute atomic E-state index is 5.53. The van der Waals surface area contributed by atoms with Crippen molar-refractivity contribution in [3.05, 3.63) is 46.6 Å². The maximum atomic E-state index is 5.53. The van der Waals surface area contributed by atoms with Crippen molar-refractivity contribution in [1.29, 1.82) is 0 Å². The van der Waals surface area contributed by atoms with Gasteiger partial charge < -0.3 is 23.5 Å². The molecule has 6 nitrogen and oxygen atoms in total. The van der Waals surface area contributed by atoms with E-state index in [0.717, 1.165) is 27.5 Å². The summed E-state index contributed by atoms with van der Waals surface area (Å²) in [4.78, 5) is 5.78. The quantitative estimate of drug-likeness (QED) is 0.478. The molecule has 0 aliphatic heterocycles. The van der Waals surface area contributed by atoms with Crippen molar-refractivity contribution in [3.63, 3.8) is 0 Å². The second-order valence-electron chi connectivity index (χ2n) is 6.82. The first-order valence-electron chi connectivity index (χ1n) is 9.80. The molecule has 0 radical (unpaired) electrons. The summed E-state index contributed by atoms with van der Waals surface area (Å²) in [5.74, 6) is 2.67. The molecule has 0 N–H and O–H groups in total. The molecule has 0 aliphatic carbocycles. The Balaban J connectivity index is 2.11. The van der Waals surface area contributed by atoms with Gasteiger partial charge in [-0.3, -0.25) is 0 Å². The lowest BCUT2D eigenvalue weighted by atomic mass is 10.1. The van der Waals surface area contributed by atoms with Gasteiger partial charge in [-0.25, -0.2) is 4.99 Å². The number of hydrogen-bond acceptors (Lipinski definition) is 6. The van der Waals surface area contributed by atoms with E-state index in [1.165, 1.54) is 0 Å². The molecular formula is C23H28N2O4S. The predicted molar refractivity (Wildman–Crippen MR) is 121 cm³/mol. The first-order valence-corrected chi connectivity index (χ1v) is 10.7. The first-order chi connectivity index (χ1) is 14.5. The third-order valence-electron chi connectivity index (χ3n) is 4.59. The van der Waals surface area contributed by atoms with Gasteiger partial charge in [0.2, 0.25) is 5.75 Å². The van der Waals surface area contributed by atoms with Crippen LogP contribution in [0.1, 0.15) is 26.8 Å². The van der Waals surface area contributed by atoms with Gasteiger partial charge in [-0.15, -0.1) is 11.3 Å². The smallest absolute Gasteiger partial charge is 0.203 e. The van der Waals surface area contributed by atoms with Gasteiger partial charge in [0.05, 0.1) is 39.3 Å². The number of aromatic nitrogens is 1. The molecule has 0 aliphatic rings. The van der Waals surface area contributed by atoms with Crippen LogP contribution in [0.5, 0.6) is 23.0 Å². The SMILES string of the molecule is CCOc1ccc(N=c2scc(-c3cc(OC)c(OC)c(OC)c3)n2C(C)C)cc1. The average Bonchev–Trinajstić information content (AvgIpc) is 3.18. The molecule has 30 heavy (non-hydrogen) atoms. The van der Waals surface area contributed by atoms with Crippen molar-refractivity contribution in [2.24, 2.45) is 4.99 Å². The van der Waals surface area contributed by atoms with Crippen LogP contribution >= 0.6 is 11.3 Å². The van der Waals surface area contributed by atoms with Crippen LogP contribution in [0.25, 0.3) is 11.3 Å². The summed E-state index contributed by atoms with van der Waals surface area (Å²) >= 11 is 1.60. The van der Waals surface area contributed by atoms with E-state index in [0.29, 0.717) is 23.9 Å². The van der Waals surface area contributed by atoms with Gasteiger partial charge in [-0.1, -0.05) is 0 Å². The van der Waals surface area contributed by atoms with E-state index in [-0.39, 0.29) is 6.04 Å². The summed E-state index contributed by atoms with van der Waals surface area (Å²) in [6.07, 6.45) is 0. The zero-order valence-electron chi connectivity index (χ0n) is 18.3. The highest BCUT2D eigenvalue weighted by atomic mass is 32.1. The lowest BCUT2D eigenvalue weighted by molar-refractivity contribution is 0.324. The lowest BCUT2D eigenvalue weighted by Gasteiger charge is -2.17. The van der Waals surface area contributed by atoms with Crippen molar-refractivity contribution >= 4 is 17.0 Å². The molecule has 0 atom stereocenters. The summed E-state index contributed by atoms with van der Waals surface area (Å²) in [6.45, 7) is 6.91. The van der Waals surface area contributed by atoms with Crippen LogP contribution in [0.4, 0.5) is 5.69 Å². The molecule has 0 unspecified atom stereocenters. The largest absolute Gasteiger partial charge is 0.494 e. The third kappa shape index (κ3) is 4.46. The Morgan fingerprint density at radius 1 is 0.967 bits per heavy atom. The number of ether oxygens (including phenoxy) is 4. The monoisotopic (exact) mass is 428 g/mol. The number of methoxy groups -OCH3 is 3. The minimum atomic E-state index is 0.215. The van der Waals surface area contributed by atoms with E-state index in [9.17, 15) is 0 Å². The number of thiazole rings is 1. The van der Waals surface area contributed by atoms with Gasteiger partial charge in [0, 0.05) is 17.0 Å². The summed E-state index contributed by atoms with van der Waals surface area (Å²) < 4.78 is 24.2. The van der Waals surface area contributed by atoms with Crippen molar-refractivity contribution in [3.8, 4) is 34.3 Å². The number of benzene rings is 2. The lowest BCUT2D eigenvalue weighted by Crippen LogP contribution is -2.17. The highest BCUT2D eigenvalue weighted by Crippen LogP contribution is 2.41. The molecule has 0 saturated heterocycles. The number of hydrogen-bond donors (Lipinski definition) is 0. The first kappa shape index (κ1) is 21.8. The zero-order valence-corrected chi connectivity index (χ0v) is 19.1. The van der Waals surface area contributed by atoms with Gasteiger partial charge in [0.1, 0.15) is 5.75 Å². The number of nitrogens with zero attached hydrogens (tertiary/aromatic N) is 2. The van der Waals surface area contributed by atoms with Crippen LogP contribution in [0.2, 0.25) is 0 Å². The molecule has 160 valence electrons. The molecule has 3 aromatic rings. The minimum Gasteiger partial charge on any atom is -0.494 e. The maximum Gasteiger partial charge on any atom is 0.203 e. The van der Waals surface area contributed by atoms with Crippen molar-refractivity contribution in [2.45, 2.75) is 26.8 Å². The van der Waals surface area contributed by atoms with Gasteiger partial charge >= 0.3 is 0 Å². The minimum absolute atomic E-state index is 0.215. The van der Waals surface area contributed by atoms with Gasteiger partial charge in [0.25, 0.3) is 0 Å². The Morgan fingerprint density at radius 2 is 1.60 bits per heavy atom. The van der Waals surface area contributed by atoms with Gasteiger partial charge in [0.15, 0.2) is 16.3 Å². The summed E-state index contributed by atoms with van der Waals surface area (Å²) in [7, 11) is 4.85. The number of rotatable bonds is 8. The van der Waals surface area contributed by atoms with Crippen LogP contribution < -0.4 is 23.7 Å². The van der Waals surface area contributed by atoms with Gasteiger partial charge in [-0.2, -0.15) is 0 Å². The van der Waals surface area contributed by atoms with Crippen LogP contribution in [0.3, 0.4) is 0 Å². The van der Waals surface area contributed by atoms with Gasteiger partial charge in [-0.05, 0) is 57.2 Å². The molecule has 0 amide bonds. The molecule has 0 fully saturated rings. The van der Waals surface area contributed by atoms with E-state index < -0.39 is 0 Å². The van der Waals surface area contributed by atoms with Crippen LogP contribution in [-0.2, 0) is 0 Å². The summed E-state index contributed by atoms with van der Waals surface area (Å²) in [5, 5.41) is 2.11. The van der Waals surface area contributed by atoms with Crippen molar-refractivity contribution < 1.29 is 18.9 Å². The molecule has 1 aromatic heterocycles. The van der Waals surface area contributed by atoms with Crippen molar-refractivity contribution in [1.82, 2.24) is 4.57 Å². The van der Waals surface area contributed by atoms with E-state index in [4.69, 9.17) is 23.9 Å². The molecule has 0 saturated carbocycles. The zero-order chi connectivity index (χ0) is 21.7. The van der Waals surface area contributed by atoms with Crippen LogP contribution in [-0.4, -0.2) is 32.5 Å². The summed E-state index contributed by atoms with van der Waals surface area (Å²) in [6, 6.07) is 12.0. The Bertz CT molecular complexity index is 1030. The highest BCUT2D eigenvalue weighted by Gasteiger charge is 2.18. The Kier molecular flexibility index (Phi) is 7.05. The molecule has 0 bridgehead atoms. The van der Waals surface area contributed by atoms with E-state index in [1.807, 2.05) is 43.3 Å². The third-order valence-corrected chi connectivity index (χ3v) is 5.43. The average molecular weight is 429 g/mol. The fourth-order valence-electron chi connectivity index (χ4n) is 3.23. The molecular weight excluding hydrogens is 400 g/mol. The van der Waals surface area contributed by atoms with Crippen LogP contribution in [0.15, 0.2) is 46.8 Å². The molecule has 3 rings (SSSR count). The highest BCUT2D eigenvalue weighted by molar-refractivity contribution is 7.07. The molecule has 0 spiro atoms. The summed E-state index contributed by atoms with van der Waals surface area (Å²) in [5.41, 5.74) is 2.90. The molecule has 7 heteroatoms. The van der Waals surface area contributed by atoms with Crippen LogP contribution in [0, 0.1) is 0 Å².